The normalized spacial score (nSPS) is 40.2. The summed E-state index contributed by atoms with van der Waals surface area (Å²) in [6.07, 6.45) is 10.7. The Morgan fingerprint density at radius 2 is 1.79 bits per heavy atom. The predicted octanol–water partition coefficient (Wildman–Crippen LogP) is 7.02. The van der Waals surface area contributed by atoms with Crippen molar-refractivity contribution in [3.8, 4) is 0 Å². The van der Waals surface area contributed by atoms with Crippen molar-refractivity contribution in [1.29, 1.82) is 0 Å². The van der Waals surface area contributed by atoms with Crippen LogP contribution < -0.4 is 0 Å². The van der Waals surface area contributed by atoms with E-state index in [9.17, 15) is 14.9 Å². The maximum atomic E-state index is 11.7. The van der Waals surface area contributed by atoms with Crippen LogP contribution in [0.3, 0.4) is 0 Å². The SMILES string of the molecule is CC(=O)O[C@H]1CC[C@H]2[C@@H]3CC[C@H]4C/C(=N/Sc5ccc([N+](=O)[O-])cc5)CC[C@]4(C)[C@H]3CC[C@]12C. The fraction of sp³-hybridized carbons (Fsp3) is 0.704. The van der Waals surface area contributed by atoms with Crippen molar-refractivity contribution in [3.05, 3.63) is 34.4 Å². The highest BCUT2D eigenvalue weighted by Gasteiger charge is 2.60. The first-order valence-corrected chi connectivity index (χ1v) is 13.6. The summed E-state index contributed by atoms with van der Waals surface area (Å²) in [4.78, 5) is 23.1. The van der Waals surface area contributed by atoms with E-state index < -0.39 is 0 Å². The van der Waals surface area contributed by atoms with Crippen molar-refractivity contribution in [3.63, 3.8) is 0 Å². The number of benzene rings is 1. The number of rotatable bonds is 4. The number of nitro groups is 1. The van der Waals surface area contributed by atoms with Crippen LogP contribution in [0.25, 0.3) is 0 Å². The van der Waals surface area contributed by atoms with Gasteiger partial charge in [0.2, 0.25) is 0 Å². The summed E-state index contributed by atoms with van der Waals surface area (Å²) in [5.41, 5.74) is 1.94. The molecule has 0 aliphatic heterocycles. The van der Waals surface area contributed by atoms with Crippen molar-refractivity contribution in [2.45, 2.75) is 89.6 Å². The molecule has 7 atom stereocenters. The molecular formula is C27H36N2O4S. The highest BCUT2D eigenvalue weighted by atomic mass is 32.2. The van der Waals surface area contributed by atoms with Gasteiger partial charge in [-0.15, -0.1) is 0 Å². The first-order valence-electron chi connectivity index (χ1n) is 12.8. The van der Waals surface area contributed by atoms with Crippen molar-refractivity contribution >= 4 is 29.3 Å². The van der Waals surface area contributed by atoms with Crippen LogP contribution in [0.4, 0.5) is 5.69 Å². The van der Waals surface area contributed by atoms with Crippen molar-refractivity contribution in [2.75, 3.05) is 0 Å². The molecule has 0 unspecified atom stereocenters. The lowest BCUT2D eigenvalue weighted by molar-refractivity contribution is -0.384. The first kappa shape index (κ1) is 23.8. The Bertz CT molecular complexity index is 995. The molecule has 4 fully saturated rings. The van der Waals surface area contributed by atoms with Gasteiger partial charge < -0.3 is 4.74 Å². The molecular weight excluding hydrogens is 448 g/mol. The van der Waals surface area contributed by atoms with Crippen molar-refractivity contribution < 1.29 is 14.5 Å². The van der Waals surface area contributed by atoms with Gasteiger partial charge in [0, 0.05) is 47.0 Å². The van der Waals surface area contributed by atoms with E-state index in [2.05, 4.69) is 13.8 Å². The van der Waals surface area contributed by atoms with Gasteiger partial charge in [0.25, 0.3) is 5.69 Å². The number of ether oxygens (including phenoxy) is 1. The van der Waals surface area contributed by atoms with Gasteiger partial charge in [-0.2, -0.15) is 0 Å². The molecule has 0 N–H and O–H groups in total. The maximum absolute atomic E-state index is 11.7. The lowest BCUT2D eigenvalue weighted by Crippen LogP contribution is -2.54. The van der Waals surface area contributed by atoms with Crippen molar-refractivity contribution in [2.24, 2.45) is 38.9 Å². The summed E-state index contributed by atoms with van der Waals surface area (Å²) in [7, 11) is 0. The second-order valence-corrected chi connectivity index (χ2v) is 12.4. The topological polar surface area (TPSA) is 81.8 Å². The van der Waals surface area contributed by atoms with Crippen LogP contribution in [-0.4, -0.2) is 22.7 Å². The minimum absolute atomic E-state index is 0.100. The van der Waals surface area contributed by atoms with Crippen LogP contribution in [0.2, 0.25) is 0 Å². The van der Waals surface area contributed by atoms with E-state index in [1.54, 1.807) is 31.2 Å². The van der Waals surface area contributed by atoms with Crippen LogP contribution in [-0.2, 0) is 9.53 Å². The van der Waals surface area contributed by atoms with E-state index in [4.69, 9.17) is 9.13 Å². The summed E-state index contributed by atoms with van der Waals surface area (Å²) in [6.45, 7) is 6.50. The lowest BCUT2D eigenvalue weighted by atomic mass is 9.45. The Morgan fingerprint density at radius 1 is 1.06 bits per heavy atom. The van der Waals surface area contributed by atoms with E-state index in [-0.39, 0.29) is 28.1 Å². The number of hydrogen-bond donors (Lipinski definition) is 0. The largest absolute Gasteiger partial charge is 0.462 e. The molecule has 0 aromatic heterocycles. The van der Waals surface area contributed by atoms with Crippen LogP contribution in [0, 0.1) is 44.6 Å². The summed E-state index contributed by atoms with van der Waals surface area (Å²) >= 11 is 1.45. The van der Waals surface area contributed by atoms with Gasteiger partial charge in [0.1, 0.15) is 6.10 Å². The molecule has 4 aliphatic rings. The molecule has 0 amide bonds. The second kappa shape index (κ2) is 8.96. The Labute approximate surface area is 206 Å². The molecule has 4 saturated carbocycles. The van der Waals surface area contributed by atoms with Gasteiger partial charge in [-0.05, 0) is 99.0 Å². The predicted molar refractivity (Wildman–Crippen MR) is 134 cm³/mol. The van der Waals surface area contributed by atoms with Crippen molar-refractivity contribution in [1.82, 2.24) is 0 Å². The molecule has 6 nitrogen and oxygen atoms in total. The van der Waals surface area contributed by atoms with Gasteiger partial charge in [-0.1, -0.05) is 13.8 Å². The van der Waals surface area contributed by atoms with Crippen LogP contribution in [0.1, 0.15) is 78.6 Å². The van der Waals surface area contributed by atoms with Gasteiger partial charge in [-0.25, -0.2) is 4.40 Å². The zero-order chi connectivity index (χ0) is 24.1. The molecule has 0 bridgehead atoms. The van der Waals surface area contributed by atoms with Gasteiger partial charge in [0.15, 0.2) is 0 Å². The minimum Gasteiger partial charge on any atom is -0.462 e. The number of nitrogens with zero attached hydrogens (tertiary/aromatic N) is 2. The molecule has 34 heavy (non-hydrogen) atoms. The third-order valence-electron chi connectivity index (χ3n) is 10.0. The highest BCUT2D eigenvalue weighted by Crippen LogP contribution is 2.66. The van der Waals surface area contributed by atoms with Crippen LogP contribution in [0.15, 0.2) is 33.6 Å². The summed E-state index contributed by atoms with van der Waals surface area (Å²) in [6, 6.07) is 6.67. The first-order chi connectivity index (χ1) is 16.2. The zero-order valence-corrected chi connectivity index (χ0v) is 21.3. The molecule has 1 aromatic carbocycles. The number of hydrogen-bond acceptors (Lipinski definition) is 6. The average Bonchev–Trinajstić information content (AvgIpc) is 3.13. The third kappa shape index (κ3) is 4.08. The summed E-state index contributed by atoms with van der Waals surface area (Å²) in [5.74, 6) is 2.77. The Balaban J connectivity index is 1.26. The summed E-state index contributed by atoms with van der Waals surface area (Å²) in [5, 5.41) is 10.9. The molecule has 0 heterocycles. The Morgan fingerprint density at radius 3 is 2.50 bits per heavy atom. The van der Waals surface area contributed by atoms with Gasteiger partial charge in [-0.3, -0.25) is 14.9 Å². The van der Waals surface area contributed by atoms with E-state index in [1.807, 2.05) is 0 Å². The van der Waals surface area contributed by atoms with E-state index in [0.29, 0.717) is 17.3 Å². The Hall–Kier alpha value is -1.89. The molecule has 184 valence electrons. The second-order valence-electron chi connectivity index (χ2n) is 11.6. The van der Waals surface area contributed by atoms with Crippen LogP contribution in [0.5, 0.6) is 0 Å². The van der Waals surface area contributed by atoms with E-state index in [1.165, 1.54) is 56.2 Å². The van der Waals surface area contributed by atoms with E-state index >= 15 is 0 Å². The fourth-order valence-corrected chi connectivity index (χ4v) is 8.89. The smallest absolute Gasteiger partial charge is 0.302 e. The molecule has 4 aliphatic carbocycles. The highest BCUT2D eigenvalue weighted by molar-refractivity contribution is 7.98. The average molecular weight is 485 g/mol. The van der Waals surface area contributed by atoms with Gasteiger partial charge in [0.05, 0.1) is 4.92 Å². The third-order valence-corrected chi connectivity index (χ3v) is 10.9. The summed E-state index contributed by atoms with van der Waals surface area (Å²) < 4.78 is 10.7. The standard InChI is InChI=1S/C27H36N2O4S/c1-17(30)33-25-11-10-23-22-9-4-18-16-19(28-34-21-7-5-20(6-8-21)29(31)32)12-14-26(18,2)24(22)13-15-27(23,25)3/h5-8,18,22-25H,4,9-16H2,1-3H3/b28-19+/t18-,22-,23-,24-,25-,26-,27-/m0/s1. The number of esters is 1. The monoisotopic (exact) mass is 484 g/mol. The Kier molecular flexibility index (Phi) is 6.28. The van der Waals surface area contributed by atoms with Gasteiger partial charge >= 0.3 is 5.97 Å². The van der Waals surface area contributed by atoms with Crippen LogP contribution >= 0.6 is 11.9 Å². The minimum atomic E-state index is -0.367. The fourth-order valence-electron chi connectivity index (χ4n) is 8.23. The number of carbonyl (C=O) groups is 1. The molecule has 0 saturated heterocycles. The number of carbonyl (C=O) groups excluding carboxylic acids is 1. The quantitative estimate of drug-likeness (QED) is 0.198. The molecule has 0 spiro atoms. The number of fused-ring (bicyclic) bond motifs is 5. The molecule has 0 radical (unpaired) electrons. The zero-order valence-electron chi connectivity index (χ0n) is 20.5. The molecule has 5 rings (SSSR count). The number of nitro benzene ring substituents is 1. The lowest BCUT2D eigenvalue weighted by Gasteiger charge is -2.60. The van der Waals surface area contributed by atoms with E-state index in [0.717, 1.165) is 36.0 Å². The maximum Gasteiger partial charge on any atom is 0.302 e. The molecule has 7 heteroatoms. The number of non-ortho nitro benzene ring substituents is 1. The molecule has 1 aromatic rings.